The molecule has 1 fully saturated rings. The molecule has 0 N–H and O–H groups in total. The van der Waals surface area contributed by atoms with Crippen LogP contribution < -0.4 is 4.90 Å². The van der Waals surface area contributed by atoms with Gasteiger partial charge in [-0.3, -0.25) is 9.69 Å². The van der Waals surface area contributed by atoms with Crippen molar-refractivity contribution in [1.82, 2.24) is 10.1 Å². The van der Waals surface area contributed by atoms with Crippen molar-refractivity contribution in [1.29, 1.82) is 0 Å². The van der Waals surface area contributed by atoms with Gasteiger partial charge in [-0.1, -0.05) is 29.5 Å². The minimum absolute atomic E-state index is 0.0289. The van der Waals surface area contributed by atoms with Crippen molar-refractivity contribution in [3.8, 4) is 0 Å². The summed E-state index contributed by atoms with van der Waals surface area (Å²) in [5, 5.41) is 4.51. The third-order valence-corrected chi connectivity index (χ3v) is 5.62. The van der Waals surface area contributed by atoms with Gasteiger partial charge < -0.3 is 9.26 Å². The average Bonchev–Trinajstić information content (AvgIpc) is 3.38. The highest BCUT2D eigenvalue weighted by Gasteiger charge is 2.29. The first-order valence-electron chi connectivity index (χ1n) is 8.90. The smallest absolute Gasteiger partial charge is 0.298 e. The van der Waals surface area contributed by atoms with Crippen LogP contribution in [0.15, 0.2) is 28.8 Å². The lowest BCUT2D eigenvalue weighted by Crippen LogP contribution is -2.37. The van der Waals surface area contributed by atoms with Crippen LogP contribution in [0.4, 0.5) is 5.13 Å². The van der Waals surface area contributed by atoms with Gasteiger partial charge in [-0.25, -0.2) is 4.98 Å². The van der Waals surface area contributed by atoms with Gasteiger partial charge in [0.25, 0.3) is 5.91 Å². The van der Waals surface area contributed by atoms with Gasteiger partial charge in [0, 0.05) is 12.7 Å². The molecule has 1 atom stereocenters. The first-order chi connectivity index (χ1) is 12.6. The van der Waals surface area contributed by atoms with Crippen LogP contribution in [0.2, 0.25) is 0 Å². The molecule has 26 heavy (non-hydrogen) atoms. The lowest BCUT2D eigenvalue weighted by atomic mass is 10.2. The van der Waals surface area contributed by atoms with E-state index in [4.69, 9.17) is 9.26 Å². The summed E-state index contributed by atoms with van der Waals surface area (Å²) < 4.78 is 12.0. The third-order valence-electron chi connectivity index (χ3n) is 4.57. The number of ether oxygens (including phenoxy) is 1. The number of hydrogen-bond acceptors (Lipinski definition) is 6. The lowest BCUT2D eigenvalue weighted by molar-refractivity contribution is 0.0887. The predicted molar refractivity (Wildman–Crippen MR) is 101 cm³/mol. The predicted octanol–water partition coefficient (Wildman–Crippen LogP) is 3.98. The molecule has 0 aliphatic carbocycles. The standard InChI is InChI=1S/C19H21N3O3S/c1-3-13-6-7-15-17(10-13)26-19(20-15)22(11-14-5-4-8-24-14)18(23)16-9-12(2)21-25-16/h6-7,9-10,14H,3-5,8,11H2,1-2H3. The van der Waals surface area contributed by atoms with Crippen molar-refractivity contribution in [3.63, 3.8) is 0 Å². The van der Waals surface area contributed by atoms with E-state index in [1.165, 1.54) is 16.9 Å². The molecule has 0 saturated carbocycles. The maximum atomic E-state index is 13.0. The Labute approximate surface area is 155 Å². The largest absolute Gasteiger partial charge is 0.376 e. The minimum atomic E-state index is -0.226. The molecule has 7 heteroatoms. The van der Waals surface area contributed by atoms with E-state index in [-0.39, 0.29) is 17.8 Å². The molecule has 3 aromatic rings. The number of aryl methyl sites for hydroxylation is 2. The average molecular weight is 371 g/mol. The van der Waals surface area contributed by atoms with Crippen LogP contribution in [0, 0.1) is 6.92 Å². The summed E-state index contributed by atoms with van der Waals surface area (Å²) in [6, 6.07) is 7.90. The molecule has 136 valence electrons. The molecule has 1 aromatic carbocycles. The maximum absolute atomic E-state index is 13.0. The van der Waals surface area contributed by atoms with E-state index in [9.17, 15) is 4.79 Å². The van der Waals surface area contributed by atoms with Crippen molar-refractivity contribution in [3.05, 3.63) is 41.3 Å². The number of fused-ring (bicyclic) bond motifs is 1. The summed E-state index contributed by atoms with van der Waals surface area (Å²) >= 11 is 1.52. The van der Waals surface area contributed by atoms with Crippen molar-refractivity contribution in [2.75, 3.05) is 18.1 Å². The first kappa shape index (κ1) is 17.2. The van der Waals surface area contributed by atoms with E-state index >= 15 is 0 Å². The molecule has 4 rings (SSSR count). The molecule has 1 amide bonds. The fourth-order valence-corrected chi connectivity index (χ4v) is 4.17. The number of nitrogens with zero attached hydrogens (tertiary/aromatic N) is 3. The number of rotatable bonds is 5. The van der Waals surface area contributed by atoms with Crippen LogP contribution in [0.3, 0.4) is 0 Å². The number of benzene rings is 1. The summed E-state index contributed by atoms with van der Waals surface area (Å²) in [5.41, 5.74) is 2.85. The zero-order valence-electron chi connectivity index (χ0n) is 14.9. The number of thiazole rings is 1. The van der Waals surface area contributed by atoms with E-state index < -0.39 is 0 Å². The van der Waals surface area contributed by atoms with E-state index in [1.807, 2.05) is 6.07 Å². The van der Waals surface area contributed by atoms with Crippen LogP contribution in [-0.4, -0.2) is 35.3 Å². The van der Waals surface area contributed by atoms with Gasteiger partial charge in [0.05, 0.1) is 28.6 Å². The minimum Gasteiger partial charge on any atom is -0.376 e. The molecule has 1 saturated heterocycles. The van der Waals surface area contributed by atoms with Crippen molar-refractivity contribution in [2.24, 2.45) is 0 Å². The Hall–Kier alpha value is -2.25. The third kappa shape index (κ3) is 3.37. The summed E-state index contributed by atoms with van der Waals surface area (Å²) in [6.45, 7) is 5.14. The van der Waals surface area contributed by atoms with Gasteiger partial charge in [0.15, 0.2) is 5.13 Å². The second-order valence-electron chi connectivity index (χ2n) is 6.54. The molecule has 6 nitrogen and oxygen atoms in total. The van der Waals surface area contributed by atoms with Crippen molar-refractivity contribution >= 4 is 32.6 Å². The molecular weight excluding hydrogens is 350 g/mol. The Balaban J connectivity index is 1.70. The van der Waals surface area contributed by atoms with Gasteiger partial charge in [-0.05, 0) is 43.9 Å². The first-order valence-corrected chi connectivity index (χ1v) is 9.72. The molecular formula is C19H21N3O3S. The fraction of sp³-hybridized carbons (Fsp3) is 0.421. The topological polar surface area (TPSA) is 68.5 Å². The monoisotopic (exact) mass is 371 g/mol. The van der Waals surface area contributed by atoms with Crippen molar-refractivity contribution < 1.29 is 14.1 Å². The second-order valence-corrected chi connectivity index (χ2v) is 7.54. The summed E-state index contributed by atoms with van der Waals surface area (Å²) in [4.78, 5) is 19.4. The van der Waals surface area contributed by atoms with Gasteiger partial charge >= 0.3 is 0 Å². The van der Waals surface area contributed by atoms with Crippen LogP contribution in [0.25, 0.3) is 10.2 Å². The Bertz CT molecular complexity index is 927. The molecule has 3 heterocycles. The van der Waals surface area contributed by atoms with Crippen LogP contribution in [0.5, 0.6) is 0 Å². The van der Waals surface area contributed by atoms with Gasteiger partial charge in [0.2, 0.25) is 5.76 Å². The zero-order valence-corrected chi connectivity index (χ0v) is 15.7. The highest BCUT2D eigenvalue weighted by atomic mass is 32.1. The Morgan fingerprint density at radius 2 is 2.27 bits per heavy atom. The Morgan fingerprint density at radius 1 is 1.38 bits per heavy atom. The Morgan fingerprint density at radius 3 is 2.96 bits per heavy atom. The number of anilines is 1. The number of aromatic nitrogens is 2. The van der Waals surface area contributed by atoms with E-state index in [2.05, 4.69) is 29.2 Å². The second kappa shape index (κ2) is 7.17. The maximum Gasteiger partial charge on any atom is 0.298 e. The van der Waals surface area contributed by atoms with E-state index in [0.29, 0.717) is 17.4 Å². The number of hydrogen-bond donors (Lipinski definition) is 0. The van der Waals surface area contributed by atoms with Crippen LogP contribution >= 0.6 is 11.3 Å². The molecule has 0 bridgehead atoms. The van der Waals surface area contributed by atoms with Gasteiger partial charge in [0.1, 0.15) is 0 Å². The normalized spacial score (nSPS) is 17.1. The number of amides is 1. The lowest BCUT2D eigenvalue weighted by Gasteiger charge is -2.21. The van der Waals surface area contributed by atoms with Crippen LogP contribution in [0.1, 0.15) is 41.6 Å². The van der Waals surface area contributed by atoms with Crippen LogP contribution in [-0.2, 0) is 11.2 Å². The fourth-order valence-electron chi connectivity index (χ4n) is 3.13. The van der Waals surface area contributed by atoms with E-state index in [1.54, 1.807) is 17.9 Å². The van der Waals surface area contributed by atoms with E-state index in [0.717, 1.165) is 36.1 Å². The zero-order chi connectivity index (χ0) is 18.1. The number of carbonyl (C=O) groups is 1. The SMILES string of the molecule is CCc1ccc2nc(N(CC3CCCO3)C(=O)c3cc(C)no3)sc2c1. The molecule has 1 aliphatic rings. The molecule has 1 aliphatic heterocycles. The quantitative estimate of drug-likeness (QED) is 0.678. The van der Waals surface area contributed by atoms with Crippen molar-refractivity contribution in [2.45, 2.75) is 39.2 Å². The molecule has 1 unspecified atom stereocenters. The summed E-state index contributed by atoms with van der Waals surface area (Å²) in [5.74, 6) is 0.00451. The molecule has 2 aromatic heterocycles. The van der Waals surface area contributed by atoms with Gasteiger partial charge in [-0.2, -0.15) is 0 Å². The highest BCUT2D eigenvalue weighted by Crippen LogP contribution is 2.31. The summed E-state index contributed by atoms with van der Waals surface area (Å²) in [6.07, 6.45) is 2.97. The Kier molecular flexibility index (Phi) is 4.74. The molecule has 0 spiro atoms. The highest BCUT2D eigenvalue weighted by molar-refractivity contribution is 7.22. The molecule has 0 radical (unpaired) electrons. The summed E-state index contributed by atoms with van der Waals surface area (Å²) in [7, 11) is 0. The number of carbonyl (C=O) groups excluding carboxylic acids is 1. The van der Waals surface area contributed by atoms with Gasteiger partial charge in [-0.15, -0.1) is 0 Å².